The Kier molecular flexibility index (Phi) is 3.89. The van der Waals surface area contributed by atoms with Crippen molar-refractivity contribution >= 4 is 34.8 Å². The first-order valence-electron chi connectivity index (χ1n) is 6.90. The molecule has 0 aliphatic carbocycles. The number of rotatable bonds is 1. The average Bonchev–Trinajstić information content (AvgIpc) is 2.55. The number of halogens is 2. The van der Waals surface area contributed by atoms with Crippen molar-refractivity contribution in [3.8, 4) is 11.1 Å². The van der Waals surface area contributed by atoms with Crippen LogP contribution in [-0.4, -0.2) is 12.5 Å². The summed E-state index contributed by atoms with van der Waals surface area (Å²) in [6.07, 6.45) is 0. The van der Waals surface area contributed by atoms with Gasteiger partial charge in [-0.3, -0.25) is 4.79 Å². The van der Waals surface area contributed by atoms with Gasteiger partial charge >= 0.3 is 0 Å². The third-order valence-corrected chi connectivity index (χ3v) is 4.14. The number of amides is 1. The summed E-state index contributed by atoms with van der Waals surface area (Å²) in [5.41, 5.74) is 3.02. The zero-order valence-electron chi connectivity index (χ0n) is 12.2. The lowest BCUT2D eigenvalue weighted by Crippen LogP contribution is -2.22. The lowest BCUT2D eigenvalue weighted by atomic mass is 9.92. The first-order valence-corrected chi connectivity index (χ1v) is 7.65. The predicted molar refractivity (Wildman–Crippen MR) is 89.5 cm³/mol. The molecular formula is C17H15Cl2NO2. The maximum atomic E-state index is 11.7. The Balaban J connectivity index is 2.13. The number of carbonyl (C=O) groups is 1. The smallest absolute Gasteiger partial charge is 0.250 e. The minimum absolute atomic E-state index is 0.0417. The van der Waals surface area contributed by atoms with Crippen LogP contribution in [0.15, 0.2) is 36.4 Å². The monoisotopic (exact) mass is 335 g/mol. The second-order valence-electron chi connectivity index (χ2n) is 5.77. The molecule has 0 atom stereocenters. The molecule has 22 heavy (non-hydrogen) atoms. The summed E-state index contributed by atoms with van der Waals surface area (Å²) in [6, 6.07) is 11.2. The molecule has 0 aromatic heterocycles. The van der Waals surface area contributed by atoms with E-state index in [0.717, 1.165) is 22.4 Å². The van der Waals surface area contributed by atoms with Gasteiger partial charge in [0.25, 0.3) is 0 Å². The summed E-state index contributed by atoms with van der Waals surface area (Å²) in [5.74, 6) is -0.148. The maximum Gasteiger partial charge on any atom is 0.250 e. The highest BCUT2D eigenvalue weighted by Gasteiger charge is 2.29. The van der Waals surface area contributed by atoms with Gasteiger partial charge in [-0.2, -0.15) is 0 Å². The molecule has 1 aliphatic heterocycles. The molecule has 0 fully saturated rings. The normalized spacial score (nSPS) is 16.6. The molecule has 0 bridgehead atoms. The second-order valence-corrected chi connectivity index (χ2v) is 6.64. The molecule has 3 rings (SSSR count). The number of benzene rings is 2. The summed E-state index contributed by atoms with van der Waals surface area (Å²) in [4.78, 5) is 11.7. The summed E-state index contributed by atoms with van der Waals surface area (Å²) in [6.45, 7) is 3.93. The fourth-order valence-electron chi connectivity index (χ4n) is 2.56. The van der Waals surface area contributed by atoms with E-state index in [1.807, 2.05) is 44.2 Å². The molecule has 2 aromatic rings. The molecule has 1 heterocycles. The third kappa shape index (κ3) is 2.98. The van der Waals surface area contributed by atoms with Gasteiger partial charge in [-0.15, -0.1) is 0 Å². The number of fused-ring (bicyclic) bond motifs is 1. The molecule has 1 aliphatic rings. The molecule has 2 aromatic carbocycles. The van der Waals surface area contributed by atoms with Crippen LogP contribution < -0.4 is 5.32 Å². The lowest BCUT2D eigenvalue weighted by molar-refractivity contribution is -0.125. The molecule has 0 saturated heterocycles. The molecular weight excluding hydrogens is 321 g/mol. The molecule has 0 unspecified atom stereocenters. The minimum atomic E-state index is -0.563. The Bertz CT molecular complexity index is 736. The second kappa shape index (κ2) is 5.58. The SMILES string of the molecule is CC1(C)OCC(=O)Nc2ccc(-c3cc(Cl)cc(Cl)c3)cc21. The van der Waals surface area contributed by atoms with Gasteiger partial charge in [0, 0.05) is 21.3 Å². The maximum absolute atomic E-state index is 11.7. The molecule has 0 saturated carbocycles. The average molecular weight is 336 g/mol. The van der Waals surface area contributed by atoms with Crippen molar-refractivity contribution in [1.82, 2.24) is 0 Å². The molecule has 0 spiro atoms. The first kappa shape index (κ1) is 15.3. The van der Waals surface area contributed by atoms with E-state index in [-0.39, 0.29) is 12.5 Å². The molecule has 3 nitrogen and oxygen atoms in total. The van der Waals surface area contributed by atoms with Gasteiger partial charge in [-0.1, -0.05) is 29.3 Å². The van der Waals surface area contributed by atoms with Gasteiger partial charge in [0.1, 0.15) is 6.61 Å². The summed E-state index contributed by atoms with van der Waals surface area (Å²) in [5, 5.41) is 4.03. The number of carbonyl (C=O) groups excluding carboxylic acids is 1. The van der Waals surface area contributed by atoms with Crippen LogP contribution in [-0.2, 0) is 15.1 Å². The third-order valence-electron chi connectivity index (χ3n) is 3.70. The highest BCUT2D eigenvalue weighted by atomic mass is 35.5. The van der Waals surface area contributed by atoms with E-state index in [0.29, 0.717) is 10.0 Å². The highest BCUT2D eigenvalue weighted by Crippen LogP contribution is 2.37. The number of ether oxygens (including phenoxy) is 1. The highest BCUT2D eigenvalue weighted by molar-refractivity contribution is 6.35. The van der Waals surface area contributed by atoms with Crippen molar-refractivity contribution in [1.29, 1.82) is 0 Å². The molecule has 0 radical (unpaired) electrons. The number of nitrogens with one attached hydrogen (secondary N) is 1. The van der Waals surface area contributed by atoms with Crippen LogP contribution in [0.5, 0.6) is 0 Å². The van der Waals surface area contributed by atoms with E-state index in [9.17, 15) is 4.79 Å². The Morgan fingerprint density at radius 3 is 2.41 bits per heavy atom. The topological polar surface area (TPSA) is 38.3 Å². The summed E-state index contributed by atoms with van der Waals surface area (Å²) >= 11 is 12.2. The molecule has 1 N–H and O–H groups in total. The zero-order chi connectivity index (χ0) is 15.9. The Hall–Kier alpha value is -1.55. The minimum Gasteiger partial charge on any atom is -0.361 e. The van der Waals surface area contributed by atoms with Gasteiger partial charge in [0.15, 0.2) is 0 Å². The van der Waals surface area contributed by atoms with Crippen LogP contribution in [0.3, 0.4) is 0 Å². The van der Waals surface area contributed by atoms with Gasteiger partial charge in [0.2, 0.25) is 5.91 Å². The van der Waals surface area contributed by atoms with Crippen molar-refractivity contribution in [2.45, 2.75) is 19.4 Å². The largest absolute Gasteiger partial charge is 0.361 e. The fraction of sp³-hybridized carbons (Fsp3) is 0.235. The van der Waals surface area contributed by atoms with Crippen LogP contribution in [0.25, 0.3) is 11.1 Å². The van der Waals surface area contributed by atoms with Crippen LogP contribution in [0.4, 0.5) is 5.69 Å². The van der Waals surface area contributed by atoms with Gasteiger partial charge < -0.3 is 10.1 Å². The number of hydrogen-bond donors (Lipinski definition) is 1. The summed E-state index contributed by atoms with van der Waals surface area (Å²) < 4.78 is 5.70. The van der Waals surface area contributed by atoms with Crippen molar-refractivity contribution in [3.63, 3.8) is 0 Å². The van der Waals surface area contributed by atoms with Crippen molar-refractivity contribution in [2.24, 2.45) is 0 Å². The van der Waals surface area contributed by atoms with Crippen LogP contribution in [0.1, 0.15) is 19.4 Å². The van der Waals surface area contributed by atoms with Gasteiger partial charge in [-0.05, 0) is 55.3 Å². The Morgan fingerprint density at radius 2 is 1.73 bits per heavy atom. The van der Waals surface area contributed by atoms with Crippen LogP contribution in [0.2, 0.25) is 10.0 Å². The van der Waals surface area contributed by atoms with Crippen molar-refractivity contribution in [2.75, 3.05) is 11.9 Å². The van der Waals surface area contributed by atoms with E-state index in [1.165, 1.54) is 0 Å². The van der Waals surface area contributed by atoms with E-state index in [1.54, 1.807) is 6.07 Å². The van der Waals surface area contributed by atoms with Crippen molar-refractivity contribution < 1.29 is 9.53 Å². The first-order chi connectivity index (χ1) is 10.3. The van der Waals surface area contributed by atoms with Crippen molar-refractivity contribution in [3.05, 3.63) is 52.0 Å². The predicted octanol–water partition coefficient (Wildman–Crippen LogP) is 4.86. The quantitative estimate of drug-likeness (QED) is 0.807. The van der Waals surface area contributed by atoms with Crippen LogP contribution in [0, 0.1) is 0 Å². The zero-order valence-corrected chi connectivity index (χ0v) is 13.8. The molecule has 114 valence electrons. The standard InChI is InChI=1S/C17H15Cl2NO2/c1-17(2)14-7-10(11-5-12(18)8-13(19)6-11)3-4-15(14)20-16(21)9-22-17/h3-8H,9H2,1-2H3,(H,20,21). The number of anilines is 1. The van der Waals surface area contributed by atoms with Crippen LogP contribution >= 0.6 is 23.2 Å². The van der Waals surface area contributed by atoms with E-state index >= 15 is 0 Å². The van der Waals surface area contributed by atoms with Gasteiger partial charge in [-0.25, -0.2) is 0 Å². The fourth-order valence-corrected chi connectivity index (χ4v) is 3.09. The van der Waals surface area contributed by atoms with E-state index < -0.39 is 5.60 Å². The summed E-state index contributed by atoms with van der Waals surface area (Å²) in [7, 11) is 0. The number of hydrogen-bond acceptors (Lipinski definition) is 2. The van der Waals surface area contributed by atoms with Gasteiger partial charge in [0.05, 0.1) is 5.60 Å². The molecule has 1 amide bonds. The Morgan fingerprint density at radius 1 is 1.05 bits per heavy atom. The lowest BCUT2D eigenvalue weighted by Gasteiger charge is -2.25. The van der Waals surface area contributed by atoms with E-state index in [2.05, 4.69) is 5.32 Å². The molecule has 5 heteroatoms. The Labute approximate surface area is 139 Å². The van der Waals surface area contributed by atoms with E-state index in [4.69, 9.17) is 27.9 Å².